The molecule has 1 amide bonds. The van der Waals surface area contributed by atoms with Crippen LogP contribution in [0.2, 0.25) is 5.02 Å². The molecule has 1 saturated heterocycles. The zero-order chi connectivity index (χ0) is 20.1. The Morgan fingerprint density at radius 2 is 1.93 bits per heavy atom. The minimum Gasteiger partial charge on any atom is -0.483 e. The van der Waals surface area contributed by atoms with Crippen molar-refractivity contribution in [2.24, 2.45) is 5.92 Å². The van der Waals surface area contributed by atoms with Gasteiger partial charge in [0.1, 0.15) is 6.10 Å². The van der Waals surface area contributed by atoms with Crippen molar-refractivity contribution in [1.29, 1.82) is 0 Å². The van der Waals surface area contributed by atoms with E-state index < -0.39 is 6.04 Å². The van der Waals surface area contributed by atoms with E-state index >= 15 is 0 Å². The molecule has 1 aliphatic carbocycles. The summed E-state index contributed by atoms with van der Waals surface area (Å²) in [5.74, 6) is -0.0777. The Bertz CT molecular complexity index is 864. The topological polar surface area (TPSA) is 55.8 Å². The fourth-order valence-corrected chi connectivity index (χ4v) is 5.84. The van der Waals surface area contributed by atoms with Crippen LogP contribution in [0.4, 0.5) is 0 Å². The minimum atomic E-state index is -0.442. The molecule has 29 heavy (non-hydrogen) atoms. The summed E-state index contributed by atoms with van der Waals surface area (Å²) in [7, 11) is 0. The molecular weight excluding hydrogens is 458 g/mol. The fraction of sp³-hybridized carbons (Fsp3) is 0.545. The van der Waals surface area contributed by atoms with Gasteiger partial charge >= 0.3 is 0 Å². The van der Waals surface area contributed by atoms with Crippen LogP contribution in [-0.4, -0.2) is 46.8 Å². The predicted octanol–water partition coefficient (Wildman–Crippen LogP) is 4.19. The van der Waals surface area contributed by atoms with Gasteiger partial charge in [-0.2, -0.15) is 0 Å². The molecule has 0 spiro atoms. The third-order valence-corrected chi connectivity index (χ3v) is 7.57. The van der Waals surface area contributed by atoms with Crippen molar-refractivity contribution in [3.05, 3.63) is 46.2 Å². The lowest BCUT2D eigenvalue weighted by Crippen LogP contribution is -2.41. The highest BCUT2D eigenvalue weighted by atomic mass is 79.9. The molecule has 1 saturated carbocycles. The molecule has 5 nitrogen and oxygen atoms in total. The number of halogens is 2. The van der Waals surface area contributed by atoms with Crippen LogP contribution in [0.25, 0.3) is 0 Å². The van der Waals surface area contributed by atoms with Crippen LogP contribution in [0.1, 0.15) is 43.7 Å². The smallest absolute Gasteiger partial charge is 0.290 e. The van der Waals surface area contributed by atoms with Crippen molar-refractivity contribution in [2.45, 2.75) is 55.2 Å². The summed E-state index contributed by atoms with van der Waals surface area (Å²) in [5, 5.41) is 0.624. The van der Waals surface area contributed by atoms with Gasteiger partial charge in [-0.05, 0) is 49.8 Å². The first-order valence-corrected chi connectivity index (χ1v) is 11.6. The van der Waals surface area contributed by atoms with Gasteiger partial charge in [0.25, 0.3) is 5.91 Å². The molecule has 5 atom stereocenters. The van der Waals surface area contributed by atoms with Gasteiger partial charge in [-0.15, -0.1) is 0 Å². The number of carbonyl (C=O) groups excluding carboxylic acids is 2. The van der Waals surface area contributed by atoms with Gasteiger partial charge in [0.2, 0.25) is 0 Å². The average molecular weight is 481 g/mol. The van der Waals surface area contributed by atoms with Crippen molar-refractivity contribution in [3.8, 4) is 0 Å². The van der Waals surface area contributed by atoms with Gasteiger partial charge in [-0.1, -0.05) is 39.7 Å². The summed E-state index contributed by atoms with van der Waals surface area (Å²) in [4.78, 5) is 29.0. The summed E-state index contributed by atoms with van der Waals surface area (Å²) >= 11 is 9.75. The van der Waals surface area contributed by atoms with Crippen LogP contribution >= 0.6 is 27.5 Å². The van der Waals surface area contributed by atoms with Crippen molar-refractivity contribution >= 4 is 39.2 Å². The van der Waals surface area contributed by atoms with Crippen LogP contribution in [0.15, 0.2) is 35.6 Å². The van der Waals surface area contributed by atoms with Crippen LogP contribution < -0.4 is 0 Å². The molecule has 1 aromatic carbocycles. The predicted molar refractivity (Wildman–Crippen MR) is 112 cm³/mol. The number of hydrogen-bond acceptors (Lipinski definition) is 4. The van der Waals surface area contributed by atoms with Crippen molar-refractivity contribution in [2.75, 3.05) is 13.2 Å². The standard InChI is InChI=1S/C22H23BrClNO4/c23-13-5-8-17-16(10-13)20(26)18-19(12-3-6-14(24)7-4-12)25(22(27)21(18)29-17)11-15-2-1-9-28-15/h3-4,6-7,13,15-17,19H,1-2,5,8-11H2. The van der Waals surface area contributed by atoms with E-state index in [1.54, 1.807) is 17.0 Å². The van der Waals surface area contributed by atoms with Crippen molar-refractivity contribution in [1.82, 2.24) is 4.90 Å². The Hall–Kier alpha value is -1.37. The maximum atomic E-state index is 13.6. The van der Waals surface area contributed by atoms with Crippen LogP contribution in [0.5, 0.6) is 0 Å². The highest BCUT2D eigenvalue weighted by Crippen LogP contribution is 2.47. The lowest BCUT2D eigenvalue weighted by Gasteiger charge is -2.37. The van der Waals surface area contributed by atoms with Crippen LogP contribution in [-0.2, 0) is 19.1 Å². The number of fused-ring (bicyclic) bond motifs is 1. The van der Waals surface area contributed by atoms with Gasteiger partial charge in [0.05, 0.1) is 23.6 Å². The Labute approximate surface area is 183 Å². The quantitative estimate of drug-likeness (QED) is 0.609. The zero-order valence-electron chi connectivity index (χ0n) is 16.0. The molecule has 2 fully saturated rings. The Morgan fingerprint density at radius 3 is 2.66 bits per heavy atom. The number of ether oxygens (including phenoxy) is 2. The van der Waals surface area contributed by atoms with Crippen molar-refractivity contribution < 1.29 is 19.1 Å². The molecule has 0 radical (unpaired) electrons. The Balaban J connectivity index is 1.54. The number of rotatable bonds is 3. The minimum absolute atomic E-state index is 0.000551. The molecule has 5 rings (SSSR count). The van der Waals surface area contributed by atoms with Gasteiger partial charge in [0.15, 0.2) is 11.5 Å². The van der Waals surface area contributed by atoms with Gasteiger partial charge in [0, 0.05) is 23.0 Å². The van der Waals surface area contributed by atoms with Gasteiger partial charge < -0.3 is 14.4 Å². The van der Waals surface area contributed by atoms with E-state index in [-0.39, 0.29) is 35.6 Å². The first kappa shape index (κ1) is 19.6. The molecule has 3 heterocycles. The van der Waals surface area contributed by atoms with E-state index in [2.05, 4.69) is 15.9 Å². The van der Waals surface area contributed by atoms with Gasteiger partial charge in [-0.25, -0.2) is 0 Å². The number of amides is 1. The number of carbonyl (C=O) groups is 2. The average Bonchev–Trinajstić information content (AvgIpc) is 3.32. The normalized spacial score (nSPS) is 34.3. The van der Waals surface area contributed by atoms with E-state index in [4.69, 9.17) is 21.1 Å². The summed E-state index contributed by atoms with van der Waals surface area (Å²) in [5.41, 5.74) is 1.39. The monoisotopic (exact) mass is 479 g/mol. The van der Waals surface area contributed by atoms with E-state index in [9.17, 15) is 9.59 Å². The number of ketones is 1. The lowest BCUT2D eigenvalue weighted by atomic mass is 9.77. The highest BCUT2D eigenvalue weighted by Gasteiger charge is 2.53. The highest BCUT2D eigenvalue weighted by molar-refractivity contribution is 9.09. The lowest BCUT2D eigenvalue weighted by molar-refractivity contribution is -0.136. The maximum Gasteiger partial charge on any atom is 0.290 e. The molecular formula is C22H23BrClNO4. The van der Waals surface area contributed by atoms with Crippen molar-refractivity contribution in [3.63, 3.8) is 0 Å². The second-order valence-electron chi connectivity index (χ2n) is 8.33. The third kappa shape index (κ3) is 3.43. The van der Waals surface area contributed by atoms with E-state index in [1.165, 1.54) is 0 Å². The summed E-state index contributed by atoms with van der Waals surface area (Å²) < 4.78 is 12.0. The number of Topliss-reactive ketones (excluding diaryl/α,β-unsaturated/α-hetero) is 1. The molecule has 0 N–H and O–H groups in total. The third-order valence-electron chi connectivity index (χ3n) is 6.49. The summed E-state index contributed by atoms with van der Waals surface area (Å²) in [6.07, 6.45) is 4.20. The Kier molecular flexibility index (Phi) is 5.21. The SMILES string of the molecule is O=C1C2=C(OC3CCC(Br)CC13)C(=O)N(CC1CCCO1)C2c1ccc(Cl)cc1. The molecule has 0 bridgehead atoms. The number of alkyl halides is 1. The van der Waals surface area contributed by atoms with Crippen LogP contribution in [0, 0.1) is 5.92 Å². The van der Waals surface area contributed by atoms with E-state index in [1.807, 2.05) is 12.1 Å². The molecule has 3 aliphatic heterocycles. The van der Waals surface area contributed by atoms with Crippen LogP contribution in [0.3, 0.4) is 0 Å². The van der Waals surface area contributed by atoms with Gasteiger partial charge in [-0.3, -0.25) is 9.59 Å². The second kappa shape index (κ2) is 7.71. The largest absolute Gasteiger partial charge is 0.483 e. The van der Waals surface area contributed by atoms with E-state index in [0.29, 0.717) is 22.0 Å². The first-order valence-electron chi connectivity index (χ1n) is 10.3. The number of benzene rings is 1. The molecule has 0 aromatic heterocycles. The molecule has 7 heteroatoms. The molecule has 5 unspecified atom stereocenters. The Morgan fingerprint density at radius 1 is 1.14 bits per heavy atom. The summed E-state index contributed by atoms with van der Waals surface area (Å²) in [6.45, 7) is 1.18. The first-order chi connectivity index (χ1) is 14.0. The fourth-order valence-electron chi connectivity index (χ4n) is 5.05. The summed E-state index contributed by atoms with van der Waals surface area (Å²) in [6, 6.07) is 6.95. The molecule has 154 valence electrons. The molecule has 4 aliphatic rings. The zero-order valence-corrected chi connectivity index (χ0v) is 18.3. The number of nitrogens with zero attached hydrogens (tertiary/aromatic N) is 1. The molecule has 1 aromatic rings. The second-order valence-corrected chi connectivity index (χ2v) is 10.1. The number of hydrogen-bond donors (Lipinski definition) is 0. The van der Waals surface area contributed by atoms with E-state index in [0.717, 1.165) is 44.3 Å². The maximum absolute atomic E-state index is 13.6.